The molecule has 2 aromatic heterocycles. The van der Waals surface area contributed by atoms with Gasteiger partial charge in [-0.1, -0.05) is 0 Å². The number of aromatic nitrogens is 2. The lowest BCUT2D eigenvalue weighted by molar-refractivity contribution is 0.101. The van der Waals surface area contributed by atoms with Gasteiger partial charge in [0.1, 0.15) is 5.65 Å². The highest BCUT2D eigenvalue weighted by Gasteiger charge is 2.10. The molecule has 4 nitrogen and oxygen atoms in total. The molecule has 0 radical (unpaired) electrons. The second kappa shape index (κ2) is 4.90. The zero-order chi connectivity index (χ0) is 14.1. The van der Waals surface area contributed by atoms with Crippen LogP contribution >= 0.6 is 0 Å². The van der Waals surface area contributed by atoms with Gasteiger partial charge in [-0.25, -0.2) is 4.98 Å². The zero-order valence-electron chi connectivity index (χ0n) is 11.1. The van der Waals surface area contributed by atoms with Gasteiger partial charge in [0.05, 0.1) is 12.3 Å². The minimum Gasteiger partial charge on any atom is -0.392 e. The van der Waals surface area contributed by atoms with Gasteiger partial charge in [0.25, 0.3) is 0 Å². The largest absolute Gasteiger partial charge is 0.392 e. The van der Waals surface area contributed by atoms with Crippen molar-refractivity contribution in [2.24, 2.45) is 0 Å². The number of rotatable bonds is 3. The summed E-state index contributed by atoms with van der Waals surface area (Å²) in [5, 5.41) is 10.6. The summed E-state index contributed by atoms with van der Waals surface area (Å²) in [6.07, 6.45) is 3.65. The molecule has 2 heterocycles. The van der Waals surface area contributed by atoms with E-state index in [4.69, 9.17) is 0 Å². The Morgan fingerprint density at radius 2 is 2.15 bits per heavy atom. The third kappa shape index (κ3) is 2.00. The molecule has 0 aliphatic rings. The van der Waals surface area contributed by atoms with Crippen molar-refractivity contribution < 1.29 is 9.90 Å². The third-order valence-corrected chi connectivity index (χ3v) is 3.36. The second-order valence-electron chi connectivity index (χ2n) is 4.66. The minimum absolute atomic E-state index is 0.0123. The van der Waals surface area contributed by atoms with Gasteiger partial charge in [-0.3, -0.25) is 4.79 Å². The number of ketones is 1. The van der Waals surface area contributed by atoms with Crippen LogP contribution in [0.15, 0.2) is 48.8 Å². The van der Waals surface area contributed by atoms with E-state index in [0.29, 0.717) is 11.1 Å². The van der Waals surface area contributed by atoms with Crippen molar-refractivity contribution in [2.45, 2.75) is 13.5 Å². The molecular formula is C16H14N2O2. The highest BCUT2D eigenvalue weighted by molar-refractivity contribution is 5.94. The van der Waals surface area contributed by atoms with Crippen LogP contribution < -0.4 is 0 Å². The average Bonchev–Trinajstić information content (AvgIpc) is 2.90. The molecule has 3 aromatic rings. The standard InChI is InChI=1S/C16H14N2O2/c1-11(20)13-4-5-15(14(9-13)10-19)18-8-6-12-3-2-7-17-16(12)18/h2-9,19H,10H2,1H3. The lowest BCUT2D eigenvalue weighted by Gasteiger charge is -2.11. The quantitative estimate of drug-likeness (QED) is 0.742. The molecule has 0 fully saturated rings. The first-order valence-electron chi connectivity index (χ1n) is 6.38. The van der Waals surface area contributed by atoms with E-state index in [-0.39, 0.29) is 12.4 Å². The van der Waals surface area contributed by atoms with E-state index in [0.717, 1.165) is 16.7 Å². The van der Waals surface area contributed by atoms with Crippen LogP contribution in [0.1, 0.15) is 22.8 Å². The van der Waals surface area contributed by atoms with Gasteiger partial charge in [0, 0.05) is 28.9 Å². The van der Waals surface area contributed by atoms with E-state index in [1.807, 2.05) is 35.0 Å². The van der Waals surface area contributed by atoms with Crippen LogP contribution in [-0.2, 0) is 6.61 Å². The number of hydrogen-bond donors (Lipinski definition) is 1. The Labute approximate surface area is 116 Å². The van der Waals surface area contributed by atoms with Crippen LogP contribution in [0.4, 0.5) is 0 Å². The lowest BCUT2D eigenvalue weighted by Crippen LogP contribution is -2.02. The maximum Gasteiger partial charge on any atom is 0.159 e. The number of fused-ring (bicyclic) bond motifs is 1. The van der Waals surface area contributed by atoms with Crippen molar-refractivity contribution in [2.75, 3.05) is 0 Å². The van der Waals surface area contributed by atoms with Gasteiger partial charge in [0.2, 0.25) is 0 Å². The van der Waals surface area contributed by atoms with Gasteiger partial charge >= 0.3 is 0 Å². The fraction of sp³-hybridized carbons (Fsp3) is 0.125. The van der Waals surface area contributed by atoms with Crippen molar-refractivity contribution in [3.05, 3.63) is 59.9 Å². The molecule has 3 rings (SSSR count). The maximum atomic E-state index is 11.4. The topological polar surface area (TPSA) is 55.1 Å². The second-order valence-corrected chi connectivity index (χ2v) is 4.66. The normalized spacial score (nSPS) is 10.9. The first-order valence-corrected chi connectivity index (χ1v) is 6.38. The van der Waals surface area contributed by atoms with Gasteiger partial charge in [0.15, 0.2) is 5.78 Å². The highest BCUT2D eigenvalue weighted by Crippen LogP contribution is 2.22. The van der Waals surface area contributed by atoms with E-state index in [1.165, 1.54) is 6.92 Å². The number of carbonyl (C=O) groups excluding carboxylic acids is 1. The van der Waals surface area contributed by atoms with Gasteiger partial charge < -0.3 is 9.67 Å². The molecule has 100 valence electrons. The first kappa shape index (κ1) is 12.6. The molecule has 0 spiro atoms. The van der Waals surface area contributed by atoms with E-state index >= 15 is 0 Å². The summed E-state index contributed by atoms with van der Waals surface area (Å²) < 4.78 is 1.92. The number of aliphatic hydroxyl groups is 1. The molecule has 0 aliphatic carbocycles. The smallest absolute Gasteiger partial charge is 0.159 e. The van der Waals surface area contributed by atoms with Crippen molar-refractivity contribution in [1.82, 2.24) is 9.55 Å². The zero-order valence-corrected chi connectivity index (χ0v) is 11.1. The van der Waals surface area contributed by atoms with E-state index < -0.39 is 0 Å². The Morgan fingerprint density at radius 3 is 2.90 bits per heavy atom. The van der Waals surface area contributed by atoms with Crippen molar-refractivity contribution in [3.63, 3.8) is 0 Å². The van der Waals surface area contributed by atoms with Crippen molar-refractivity contribution in [3.8, 4) is 5.69 Å². The molecule has 0 bridgehead atoms. The molecule has 20 heavy (non-hydrogen) atoms. The van der Waals surface area contributed by atoms with Crippen LogP contribution in [0.2, 0.25) is 0 Å². The van der Waals surface area contributed by atoms with E-state index in [1.54, 1.807) is 18.3 Å². The number of pyridine rings is 1. The number of benzene rings is 1. The average molecular weight is 266 g/mol. The predicted octanol–water partition coefficient (Wildman–Crippen LogP) is 2.72. The summed E-state index contributed by atoms with van der Waals surface area (Å²) in [6, 6.07) is 11.2. The molecule has 0 unspecified atom stereocenters. The monoisotopic (exact) mass is 266 g/mol. The fourth-order valence-corrected chi connectivity index (χ4v) is 2.33. The Hall–Kier alpha value is -2.46. The van der Waals surface area contributed by atoms with E-state index in [2.05, 4.69) is 4.98 Å². The van der Waals surface area contributed by atoms with Gasteiger partial charge in [-0.2, -0.15) is 0 Å². The van der Waals surface area contributed by atoms with Gasteiger partial charge in [-0.05, 0) is 43.3 Å². The number of carbonyl (C=O) groups is 1. The molecule has 1 aromatic carbocycles. The van der Waals surface area contributed by atoms with Crippen LogP contribution in [0.5, 0.6) is 0 Å². The minimum atomic E-state index is -0.122. The molecule has 1 N–H and O–H groups in total. The van der Waals surface area contributed by atoms with Crippen LogP contribution in [0.3, 0.4) is 0 Å². The summed E-state index contributed by atoms with van der Waals surface area (Å²) in [5.41, 5.74) is 2.98. The van der Waals surface area contributed by atoms with Crippen LogP contribution in [-0.4, -0.2) is 20.4 Å². The van der Waals surface area contributed by atoms with Crippen LogP contribution in [0, 0.1) is 0 Å². The third-order valence-electron chi connectivity index (χ3n) is 3.36. The Bertz CT molecular complexity index is 790. The summed E-state index contributed by atoms with van der Waals surface area (Å²) >= 11 is 0. The molecule has 0 saturated heterocycles. The molecule has 0 aliphatic heterocycles. The Morgan fingerprint density at radius 1 is 1.30 bits per heavy atom. The summed E-state index contributed by atoms with van der Waals surface area (Å²) in [6.45, 7) is 1.39. The predicted molar refractivity (Wildman–Crippen MR) is 77.0 cm³/mol. The van der Waals surface area contributed by atoms with Crippen molar-refractivity contribution in [1.29, 1.82) is 0 Å². The number of nitrogens with zero attached hydrogens (tertiary/aromatic N) is 2. The summed E-state index contributed by atoms with van der Waals surface area (Å²) in [5.74, 6) is -0.0123. The molecule has 4 heteroatoms. The molecule has 0 atom stereocenters. The SMILES string of the molecule is CC(=O)c1ccc(-n2ccc3cccnc32)c(CO)c1. The summed E-state index contributed by atoms with van der Waals surface area (Å²) in [7, 11) is 0. The Kier molecular flexibility index (Phi) is 3.08. The fourth-order valence-electron chi connectivity index (χ4n) is 2.33. The van der Waals surface area contributed by atoms with Crippen LogP contribution in [0.25, 0.3) is 16.7 Å². The maximum absolute atomic E-state index is 11.4. The van der Waals surface area contributed by atoms with Crippen molar-refractivity contribution >= 4 is 16.8 Å². The van der Waals surface area contributed by atoms with Gasteiger partial charge in [-0.15, -0.1) is 0 Å². The Balaban J connectivity index is 2.21. The first-order chi connectivity index (χ1) is 9.70. The number of hydrogen-bond acceptors (Lipinski definition) is 3. The molecule has 0 amide bonds. The number of Topliss-reactive ketones (excluding diaryl/α,β-unsaturated/α-hetero) is 1. The highest BCUT2D eigenvalue weighted by atomic mass is 16.3. The number of aliphatic hydroxyl groups excluding tert-OH is 1. The lowest BCUT2D eigenvalue weighted by atomic mass is 10.1. The van der Waals surface area contributed by atoms with E-state index in [9.17, 15) is 9.90 Å². The molecular weight excluding hydrogens is 252 g/mol. The molecule has 0 saturated carbocycles. The summed E-state index contributed by atoms with van der Waals surface area (Å²) in [4.78, 5) is 15.8.